The van der Waals surface area contributed by atoms with Crippen molar-refractivity contribution in [3.8, 4) is 11.3 Å². The number of hydrogen-bond acceptors (Lipinski definition) is 5. The predicted molar refractivity (Wildman–Crippen MR) is 80.5 cm³/mol. The van der Waals surface area contributed by atoms with Crippen LogP contribution in [0.25, 0.3) is 17.1 Å². The Morgan fingerprint density at radius 1 is 1.32 bits per heavy atom. The van der Waals surface area contributed by atoms with Gasteiger partial charge in [0.1, 0.15) is 12.1 Å². The summed E-state index contributed by atoms with van der Waals surface area (Å²) in [7, 11) is 0. The number of benzene rings is 1. The second-order valence-corrected chi connectivity index (χ2v) is 4.77. The molecule has 0 radical (unpaired) electrons. The molecule has 0 unspecified atom stereocenters. The fourth-order valence-corrected chi connectivity index (χ4v) is 2.18. The Kier molecular flexibility index (Phi) is 3.76. The van der Waals surface area contributed by atoms with E-state index in [1.165, 1.54) is 18.7 Å². The summed E-state index contributed by atoms with van der Waals surface area (Å²) in [4.78, 5) is 16.1. The maximum Gasteiger partial charge on any atom is 0.215 e. The van der Waals surface area contributed by atoms with E-state index in [-0.39, 0.29) is 17.1 Å². The van der Waals surface area contributed by atoms with Crippen molar-refractivity contribution in [3.05, 3.63) is 65.4 Å². The van der Waals surface area contributed by atoms with Crippen molar-refractivity contribution in [3.63, 3.8) is 0 Å². The quantitative estimate of drug-likeness (QED) is 0.437. The second-order valence-electron chi connectivity index (χ2n) is 4.36. The lowest BCUT2D eigenvalue weighted by Crippen LogP contribution is -1.98. The number of halogens is 1. The van der Waals surface area contributed by atoms with Gasteiger partial charge in [0.05, 0.1) is 16.8 Å². The molecule has 6 nitrogen and oxygen atoms in total. The lowest BCUT2D eigenvalue weighted by atomic mass is 10.1. The molecule has 0 fully saturated rings. The molecule has 110 valence electrons. The maximum absolute atomic E-state index is 12.3. The van der Waals surface area contributed by atoms with Gasteiger partial charge in [0, 0.05) is 11.6 Å². The van der Waals surface area contributed by atoms with Crippen LogP contribution in [0.1, 0.15) is 16.2 Å². The van der Waals surface area contributed by atoms with Crippen LogP contribution in [-0.4, -0.2) is 26.1 Å². The summed E-state index contributed by atoms with van der Waals surface area (Å²) < 4.78 is 5.37. The van der Waals surface area contributed by atoms with Crippen LogP contribution in [0, 0.1) is 0 Å². The van der Waals surface area contributed by atoms with Gasteiger partial charge in [0.2, 0.25) is 5.82 Å². The third-order valence-corrected chi connectivity index (χ3v) is 3.29. The summed E-state index contributed by atoms with van der Waals surface area (Å²) >= 11 is 6.12. The number of nitrogens with zero attached hydrogens (tertiary/aromatic N) is 2. The first kappa shape index (κ1) is 14.1. The lowest BCUT2D eigenvalue weighted by molar-refractivity contribution is 0.104. The van der Waals surface area contributed by atoms with E-state index in [1.54, 1.807) is 24.3 Å². The van der Waals surface area contributed by atoms with Gasteiger partial charge < -0.3 is 9.52 Å². The molecule has 0 aliphatic heterocycles. The van der Waals surface area contributed by atoms with Crippen molar-refractivity contribution in [2.45, 2.75) is 0 Å². The van der Waals surface area contributed by atoms with Gasteiger partial charge in [-0.15, -0.1) is 0 Å². The predicted octanol–water partition coefficient (Wildman–Crippen LogP) is 3.50. The standard InChI is InChI=1S/C15H10ClN3O3/c16-11-4-2-1-3-9(11)14-10(5-6-22-14)12(20)7-13(21)15-17-8-18-19-15/h1-8,21H,(H,17,18,19). The van der Waals surface area contributed by atoms with Crippen LogP contribution < -0.4 is 0 Å². The summed E-state index contributed by atoms with van der Waals surface area (Å²) in [5.41, 5.74) is 0.887. The monoisotopic (exact) mass is 315 g/mol. The van der Waals surface area contributed by atoms with Gasteiger partial charge in [-0.1, -0.05) is 23.7 Å². The number of aromatic amines is 1. The van der Waals surface area contributed by atoms with Crippen molar-refractivity contribution < 1.29 is 14.3 Å². The topological polar surface area (TPSA) is 92.0 Å². The highest BCUT2D eigenvalue weighted by Crippen LogP contribution is 2.31. The minimum absolute atomic E-state index is 0.0381. The zero-order valence-electron chi connectivity index (χ0n) is 11.2. The fourth-order valence-electron chi connectivity index (χ4n) is 1.96. The smallest absolute Gasteiger partial charge is 0.215 e. The normalized spacial score (nSPS) is 11.6. The summed E-state index contributed by atoms with van der Waals surface area (Å²) in [6, 6.07) is 8.54. The number of aliphatic hydroxyl groups excluding tert-OH is 1. The van der Waals surface area contributed by atoms with E-state index in [4.69, 9.17) is 16.0 Å². The molecule has 2 N–H and O–H groups in total. The first-order valence-corrected chi connectivity index (χ1v) is 6.68. The number of aliphatic hydroxyl groups is 1. The molecule has 0 amide bonds. The molecule has 0 bridgehead atoms. The van der Waals surface area contributed by atoms with E-state index in [9.17, 15) is 9.90 Å². The van der Waals surface area contributed by atoms with Crippen molar-refractivity contribution in [1.82, 2.24) is 15.2 Å². The number of nitrogens with one attached hydrogen (secondary N) is 1. The number of carbonyl (C=O) groups excluding carboxylic acids is 1. The molecule has 3 rings (SSSR count). The molecule has 0 atom stereocenters. The highest BCUT2D eigenvalue weighted by atomic mass is 35.5. The molecule has 2 heterocycles. The molecule has 22 heavy (non-hydrogen) atoms. The van der Waals surface area contributed by atoms with E-state index in [2.05, 4.69) is 15.2 Å². The fraction of sp³-hybridized carbons (Fsp3) is 0. The molecular formula is C15H10ClN3O3. The van der Waals surface area contributed by atoms with Crippen molar-refractivity contribution in [2.24, 2.45) is 0 Å². The van der Waals surface area contributed by atoms with Gasteiger partial charge in [-0.25, -0.2) is 4.98 Å². The van der Waals surface area contributed by atoms with Crippen LogP contribution in [0.5, 0.6) is 0 Å². The first-order chi connectivity index (χ1) is 10.7. The first-order valence-electron chi connectivity index (χ1n) is 6.30. The molecular weight excluding hydrogens is 306 g/mol. The van der Waals surface area contributed by atoms with Gasteiger partial charge in [0.25, 0.3) is 0 Å². The molecule has 0 saturated heterocycles. The van der Waals surface area contributed by atoms with Gasteiger partial charge in [-0.2, -0.15) is 5.10 Å². The zero-order chi connectivity index (χ0) is 15.5. The second kappa shape index (κ2) is 5.87. The largest absolute Gasteiger partial charge is 0.504 e. The van der Waals surface area contributed by atoms with Crippen molar-refractivity contribution in [2.75, 3.05) is 0 Å². The Labute approximate surface area is 130 Å². The maximum atomic E-state index is 12.3. The van der Waals surface area contributed by atoms with Gasteiger partial charge in [0.15, 0.2) is 11.5 Å². The number of allylic oxidation sites excluding steroid dienone is 1. The van der Waals surface area contributed by atoms with Gasteiger partial charge in [-0.3, -0.25) is 9.89 Å². The van der Waals surface area contributed by atoms with E-state index in [1.807, 2.05) is 0 Å². The van der Waals surface area contributed by atoms with E-state index in [0.717, 1.165) is 6.08 Å². The van der Waals surface area contributed by atoms with Gasteiger partial charge >= 0.3 is 0 Å². The van der Waals surface area contributed by atoms with Crippen molar-refractivity contribution in [1.29, 1.82) is 0 Å². The number of H-pyrrole nitrogens is 1. The molecule has 0 aliphatic rings. The van der Waals surface area contributed by atoms with E-state index >= 15 is 0 Å². The molecule has 3 aromatic rings. The molecule has 7 heteroatoms. The highest BCUT2D eigenvalue weighted by Gasteiger charge is 2.18. The number of ketones is 1. The Hall–Kier alpha value is -2.86. The average Bonchev–Trinajstić information content (AvgIpc) is 3.19. The summed E-state index contributed by atoms with van der Waals surface area (Å²) in [5.74, 6) is -0.394. The Morgan fingerprint density at radius 3 is 2.86 bits per heavy atom. The third kappa shape index (κ3) is 2.64. The number of furan rings is 1. The summed E-state index contributed by atoms with van der Waals surface area (Å²) in [5, 5.41) is 16.4. The zero-order valence-corrected chi connectivity index (χ0v) is 11.9. The number of aromatic nitrogens is 3. The number of hydrogen-bond donors (Lipinski definition) is 2. The number of rotatable bonds is 4. The molecule has 1 aromatic carbocycles. The van der Waals surface area contributed by atoms with Crippen LogP contribution in [0.15, 0.2) is 53.4 Å². The molecule has 0 saturated carbocycles. The highest BCUT2D eigenvalue weighted by molar-refractivity contribution is 6.33. The summed E-state index contributed by atoms with van der Waals surface area (Å²) in [6.07, 6.45) is 3.73. The van der Waals surface area contributed by atoms with Crippen molar-refractivity contribution >= 4 is 23.1 Å². The Bertz CT molecular complexity index is 837. The van der Waals surface area contributed by atoms with E-state index in [0.29, 0.717) is 16.3 Å². The number of carbonyl (C=O) groups is 1. The van der Waals surface area contributed by atoms with Crippen LogP contribution in [0.3, 0.4) is 0 Å². The van der Waals surface area contributed by atoms with Crippen LogP contribution >= 0.6 is 11.6 Å². The van der Waals surface area contributed by atoms with Gasteiger partial charge in [-0.05, 0) is 18.2 Å². The van der Waals surface area contributed by atoms with Crippen LogP contribution in [-0.2, 0) is 0 Å². The average molecular weight is 316 g/mol. The lowest BCUT2D eigenvalue weighted by Gasteiger charge is -2.02. The molecule has 0 aliphatic carbocycles. The SMILES string of the molecule is O=C(C=C(O)c1nc[nH]n1)c1ccoc1-c1ccccc1Cl. The minimum atomic E-state index is -0.439. The Balaban J connectivity index is 1.97. The summed E-state index contributed by atoms with van der Waals surface area (Å²) in [6.45, 7) is 0. The molecule has 0 spiro atoms. The molecule has 2 aromatic heterocycles. The minimum Gasteiger partial charge on any atom is -0.504 e. The Morgan fingerprint density at radius 2 is 2.14 bits per heavy atom. The van der Waals surface area contributed by atoms with E-state index < -0.39 is 5.78 Å². The third-order valence-electron chi connectivity index (χ3n) is 2.96. The van der Waals surface area contributed by atoms with Crippen LogP contribution in [0.2, 0.25) is 5.02 Å². The van der Waals surface area contributed by atoms with Crippen LogP contribution in [0.4, 0.5) is 0 Å².